The number of carbonyl (C=O) groups excluding carboxylic acids is 3. The van der Waals surface area contributed by atoms with Gasteiger partial charge in [-0.25, -0.2) is 9.82 Å². The average molecular weight is 456 g/mol. The highest BCUT2D eigenvalue weighted by atomic mass is 16.7. The zero-order valence-electron chi connectivity index (χ0n) is 16.6. The van der Waals surface area contributed by atoms with E-state index in [1.807, 2.05) is 0 Å². The number of nitrogens with two attached hydrogens (primary N) is 1. The number of aromatic amines is 1. The highest BCUT2D eigenvalue weighted by Crippen LogP contribution is 2.34. The number of aliphatic hydroxyl groups is 2. The molecule has 0 spiro atoms. The molecule has 0 bridgehead atoms. The molecule has 33 heavy (non-hydrogen) atoms. The number of fused-ring (bicyclic) bond motifs is 2. The molecule has 3 aromatic rings. The molecule has 0 saturated carbocycles. The first-order valence-electron chi connectivity index (χ1n) is 9.65. The first-order valence-corrected chi connectivity index (χ1v) is 9.65. The van der Waals surface area contributed by atoms with Crippen LogP contribution >= 0.6 is 0 Å². The van der Waals surface area contributed by atoms with Crippen molar-refractivity contribution in [2.24, 2.45) is 0 Å². The third-order valence-corrected chi connectivity index (χ3v) is 5.44. The molecule has 14 nitrogen and oxygen atoms in total. The number of aliphatic hydroxyl groups excluding tert-OH is 2. The summed E-state index contributed by atoms with van der Waals surface area (Å²) in [5.74, 6) is -1.78. The summed E-state index contributed by atoms with van der Waals surface area (Å²) in [5, 5.41) is 21.5. The Morgan fingerprint density at radius 3 is 2.45 bits per heavy atom. The number of ether oxygens (including phenoxy) is 1. The van der Waals surface area contributed by atoms with Crippen LogP contribution in [0, 0.1) is 0 Å². The van der Waals surface area contributed by atoms with Gasteiger partial charge in [-0.1, -0.05) is 12.1 Å². The number of carbonyl (C=O) groups is 3. The number of nitrogen functional groups attached to an aromatic ring is 1. The van der Waals surface area contributed by atoms with E-state index in [4.69, 9.17) is 15.3 Å². The van der Waals surface area contributed by atoms with Crippen LogP contribution in [0.25, 0.3) is 11.2 Å². The maximum atomic E-state index is 12.5. The molecule has 1 unspecified atom stereocenters. The summed E-state index contributed by atoms with van der Waals surface area (Å²) in [4.78, 5) is 64.3. The third-order valence-electron chi connectivity index (χ3n) is 5.44. The lowest BCUT2D eigenvalue weighted by molar-refractivity contribution is -0.184. The number of benzene rings is 1. The highest BCUT2D eigenvalue weighted by Gasteiger charge is 2.50. The summed E-state index contributed by atoms with van der Waals surface area (Å²) >= 11 is 0. The number of aldehydes is 1. The van der Waals surface area contributed by atoms with Crippen molar-refractivity contribution in [2.75, 3.05) is 5.73 Å². The Hall–Kier alpha value is -3.98. The molecule has 1 fully saturated rings. The van der Waals surface area contributed by atoms with Crippen LogP contribution in [0.5, 0.6) is 0 Å². The van der Waals surface area contributed by atoms with Gasteiger partial charge in [0.2, 0.25) is 5.95 Å². The second kappa shape index (κ2) is 7.56. The monoisotopic (exact) mass is 456 g/mol. The maximum Gasteiger partial charge on any atom is 0.285 e. The molecule has 2 aliphatic heterocycles. The van der Waals surface area contributed by atoms with Crippen molar-refractivity contribution in [2.45, 2.75) is 30.6 Å². The Morgan fingerprint density at radius 2 is 1.82 bits per heavy atom. The fourth-order valence-electron chi connectivity index (χ4n) is 3.86. The van der Waals surface area contributed by atoms with Gasteiger partial charge in [0.05, 0.1) is 17.5 Å². The van der Waals surface area contributed by atoms with Gasteiger partial charge >= 0.3 is 0 Å². The summed E-state index contributed by atoms with van der Waals surface area (Å²) in [5.41, 5.74) is 5.01. The van der Waals surface area contributed by atoms with Gasteiger partial charge in [-0.2, -0.15) is 4.98 Å². The molecule has 0 aliphatic carbocycles. The molecule has 170 valence electrons. The van der Waals surface area contributed by atoms with Gasteiger partial charge in [-0.05, 0) is 12.1 Å². The van der Waals surface area contributed by atoms with Gasteiger partial charge in [0.1, 0.15) is 18.3 Å². The fraction of sp³-hybridized carbons (Fsp3) is 0.263. The zero-order valence-corrected chi connectivity index (χ0v) is 16.6. The van der Waals surface area contributed by atoms with Crippen molar-refractivity contribution < 1.29 is 34.2 Å². The van der Waals surface area contributed by atoms with Crippen molar-refractivity contribution in [3.63, 3.8) is 0 Å². The van der Waals surface area contributed by atoms with Gasteiger partial charge in [0.25, 0.3) is 17.4 Å². The molecule has 14 heteroatoms. The molecule has 0 radical (unpaired) electrons. The summed E-state index contributed by atoms with van der Waals surface area (Å²) in [6.07, 6.45) is -6.35. The second-order valence-corrected chi connectivity index (χ2v) is 7.40. The minimum absolute atomic E-state index is 0.0305. The molecular weight excluding hydrogens is 440 g/mol. The first kappa shape index (κ1) is 20.9. The van der Waals surface area contributed by atoms with Crippen LogP contribution in [-0.4, -0.2) is 77.3 Å². The van der Waals surface area contributed by atoms with Crippen molar-refractivity contribution in [1.82, 2.24) is 24.6 Å². The lowest BCUT2D eigenvalue weighted by Gasteiger charge is -2.24. The molecule has 2 amide bonds. The van der Waals surface area contributed by atoms with E-state index in [0.29, 0.717) is 5.06 Å². The minimum atomic E-state index is -1.67. The molecule has 4 heterocycles. The summed E-state index contributed by atoms with van der Waals surface area (Å²) in [7, 11) is 0. The summed E-state index contributed by atoms with van der Waals surface area (Å²) < 4.78 is 6.82. The number of rotatable bonds is 5. The number of anilines is 1. The van der Waals surface area contributed by atoms with E-state index in [1.54, 1.807) is 12.1 Å². The van der Waals surface area contributed by atoms with Gasteiger partial charge in [-0.3, -0.25) is 23.9 Å². The Balaban J connectivity index is 1.42. The number of H-pyrrole nitrogens is 1. The van der Waals surface area contributed by atoms with E-state index in [2.05, 4.69) is 15.0 Å². The Labute approximate surface area is 183 Å². The Bertz CT molecular complexity index is 1320. The van der Waals surface area contributed by atoms with Gasteiger partial charge in [0.15, 0.2) is 29.8 Å². The molecule has 5 N–H and O–H groups in total. The van der Waals surface area contributed by atoms with Crippen LogP contribution in [0.2, 0.25) is 0 Å². The SMILES string of the molecule is Nc1nc2c(ncn2[C@@H]2O[C@H](C(C=O)ON3C(=O)c4ccccc4C3=O)[C@@H](O)[C@H]2O)c(=O)[nH]1. The van der Waals surface area contributed by atoms with Crippen LogP contribution in [0.3, 0.4) is 0 Å². The van der Waals surface area contributed by atoms with Crippen molar-refractivity contribution in [3.8, 4) is 0 Å². The maximum absolute atomic E-state index is 12.5. The highest BCUT2D eigenvalue weighted by molar-refractivity contribution is 6.20. The van der Waals surface area contributed by atoms with Crippen LogP contribution in [0.4, 0.5) is 5.95 Å². The number of aromatic nitrogens is 4. The van der Waals surface area contributed by atoms with Gasteiger partial charge in [-0.15, -0.1) is 5.06 Å². The number of imide groups is 1. The predicted molar refractivity (Wildman–Crippen MR) is 106 cm³/mol. The third kappa shape index (κ3) is 3.12. The molecular formula is C19H16N6O8. The topological polar surface area (TPSA) is 203 Å². The Kier molecular flexibility index (Phi) is 4.79. The van der Waals surface area contributed by atoms with Crippen LogP contribution in [0.15, 0.2) is 35.4 Å². The summed E-state index contributed by atoms with van der Waals surface area (Å²) in [6, 6.07) is 5.99. The smallest absolute Gasteiger partial charge is 0.285 e. The van der Waals surface area contributed by atoms with E-state index in [9.17, 15) is 29.4 Å². The number of nitrogens with one attached hydrogen (secondary N) is 1. The van der Waals surface area contributed by atoms with E-state index in [1.165, 1.54) is 16.7 Å². The summed E-state index contributed by atoms with van der Waals surface area (Å²) in [6.45, 7) is 0. The largest absolute Gasteiger partial charge is 0.387 e. The average Bonchev–Trinajstić information content (AvgIpc) is 3.42. The van der Waals surface area contributed by atoms with Crippen LogP contribution in [0.1, 0.15) is 26.9 Å². The van der Waals surface area contributed by atoms with E-state index < -0.39 is 48.0 Å². The number of hydrogen-bond donors (Lipinski definition) is 4. The second-order valence-electron chi connectivity index (χ2n) is 7.40. The molecule has 5 atom stereocenters. The van der Waals surface area contributed by atoms with E-state index in [0.717, 1.165) is 6.33 Å². The van der Waals surface area contributed by atoms with Crippen molar-refractivity contribution in [1.29, 1.82) is 0 Å². The normalized spacial score (nSPS) is 25.6. The van der Waals surface area contributed by atoms with Crippen molar-refractivity contribution >= 4 is 35.2 Å². The minimum Gasteiger partial charge on any atom is -0.387 e. The van der Waals surface area contributed by atoms with Gasteiger partial charge in [0, 0.05) is 0 Å². The molecule has 5 rings (SSSR count). The van der Waals surface area contributed by atoms with E-state index >= 15 is 0 Å². The first-order chi connectivity index (χ1) is 15.8. The van der Waals surface area contributed by atoms with Gasteiger partial charge < -0.3 is 25.5 Å². The lowest BCUT2D eigenvalue weighted by atomic mass is 10.1. The van der Waals surface area contributed by atoms with Crippen molar-refractivity contribution in [3.05, 3.63) is 52.1 Å². The van der Waals surface area contributed by atoms with Crippen LogP contribution in [-0.2, 0) is 14.4 Å². The Morgan fingerprint density at radius 1 is 1.15 bits per heavy atom. The standard InChI is InChI=1S/C19H16N6O8/c20-19-22-14-10(15(29)23-19)21-6-24(14)18-12(28)11(27)13(32-18)9(5-26)33-25-16(30)7-3-1-2-4-8(7)17(25)31/h1-6,9,11-13,18,27-28H,(H3,20,22,23,29)/t9?,11-,12+,13+,18+/m0/s1. The number of hydroxylamine groups is 2. The number of nitrogens with zero attached hydrogens (tertiary/aromatic N) is 4. The molecule has 2 aromatic heterocycles. The lowest BCUT2D eigenvalue weighted by Crippen LogP contribution is -2.45. The number of amides is 2. The molecule has 2 aliphatic rings. The predicted octanol–water partition coefficient (Wildman–Crippen LogP) is -1.88. The van der Waals surface area contributed by atoms with E-state index in [-0.39, 0.29) is 34.5 Å². The quantitative estimate of drug-likeness (QED) is 0.247. The molecule has 1 saturated heterocycles. The zero-order chi connectivity index (χ0) is 23.4. The number of imidazole rings is 1. The van der Waals surface area contributed by atoms with Crippen LogP contribution < -0.4 is 11.3 Å². The molecule has 1 aromatic carbocycles. The fourth-order valence-corrected chi connectivity index (χ4v) is 3.86. The number of hydrogen-bond acceptors (Lipinski definition) is 11.